The van der Waals surface area contributed by atoms with Gasteiger partial charge >= 0.3 is 0 Å². The first-order valence-corrected chi connectivity index (χ1v) is 7.85. The van der Waals surface area contributed by atoms with Crippen LogP contribution < -0.4 is 10.5 Å². The zero-order chi connectivity index (χ0) is 14.1. The van der Waals surface area contributed by atoms with Gasteiger partial charge in [0.05, 0.1) is 6.04 Å². The molecule has 2 atom stereocenters. The van der Waals surface area contributed by atoms with Gasteiger partial charge in [-0.3, -0.25) is 0 Å². The van der Waals surface area contributed by atoms with E-state index in [0.717, 1.165) is 11.5 Å². The second-order valence-corrected chi connectivity index (χ2v) is 6.36. The van der Waals surface area contributed by atoms with Gasteiger partial charge in [-0.2, -0.15) is 0 Å². The van der Waals surface area contributed by atoms with Gasteiger partial charge in [0.1, 0.15) is 11.9 Å². The van der Waals surface area contributed by atoms with Crippen LogP contribution in [0.1, 0.15) is 22.7 Å². The number of para-hydroxylation sites is 1. The molecule has 2 aromatic carbocycles. The monoisotopic (exact) mass is 285 g/mol. The summed E-state index contributed by atoms with van der Waals surface area (Å²) in [6, 6.07) is 14.5. The van der Waals surface area contributed by atoms with Crippen LogP contribution in [-0.2, 0) is 0 Å². The van der Waals surface area contributed by atoms with E-state index in [1.807, 2.05) is 30.0 Å². The fourth-order valence-electron chi connectivity index (χ4n) is 2.61. The standard InChI is InChI=1S/C17H19NOS/c1-11-7-8-13(12(2)9-11)17(18)15-10-20-16-6-4-3-5-14(16)19-15/h3-9,15,17H,10,18H2,1-2H3. The van der Waals surface area contributed by atoms with Crippen molar-refractivity contribution in [2.75, 3.05) is 5.75 Å². The van der Waals surface area contributed by atoms with Gasteiger partial charge in [-0.05, 0) is 37.1 Å². The van der Waals surface area contributed by atoms with Crippen molar-refractivity contribution >= 4 is 11.8 Å². The highest BCUT2D eigenvalue weighted by Crippen LogP contribution is 2.38. The van der Waals surface area contributed by atoms with Gasteiger partial charge in [0.2, 0.25) is 0 Å². The van der Waals surface area contributed by atoms with Crippen LogP contribution in [0.25, 0.3) is 0 Å². The smallest absolute Gasteiger partial charge is 0.133 e. The van der Waals surface area contributed by atoms with E-state index >= 15 is 0 Å². The summed E-state index contributed by atoms with van der Waals surface area (Å²) in [5.41, 5.74) is 10.1. The third kappa shape index (κ3) is 2.56. The Hall–Kier alpha value is -1.45. The summed E-state index contributed by atoms with van der Waals surface area (Å²) in [4.78, 5) is 1.21. The van der Waals surface area contributed by atoms with Crippen molar-refractivity contribution in [3.05, 3.63) is 59.2 Å². The summed E-state index contributed by atoms with van der Waals surface area (Å²) in [6.45, 7) is 4.22. The lowest BCUT2D eigenvalue weighted by Gasteiger charge is -2.30. The number of hydrogen-bond donors (Lipinski definition) is 1. The molecule has 20 heavy (non-hydrogen) atoms. The molecule has 0 saturated heterocycles. The number of thioether (sulfide) groups is 1. The molecule has 1 aliphatic heterocycles. The van der Waals surface area contributed by atoms with Gasteiger partial charge in [0.25, 0.3) is 0 Å². The molecule has 0 aromatic heterocycles. The van der Waals surface area contributed by atoms with Crippen molar-refractivity contribution in [3.63, 3.8) is 0 Å². The van der Waals surface area contributed by atoms with E-state index in [0.29, 0.717) is 0 Å². The highest BCUT2D eigenvalue weighted by molar-refractivity contribution is 7.99. The van der Waals surface area contributed by atoms with E-state index in [4.69, 9.17) is 10.5 Å². The lowest BCUT2D eigenvalue weighted by atomic mass is 9.96. The molecule has 1 aliphatic rings. The van der Waals surface area contributed by atoms with Crippen molar-refractivity contribution in [2.24, 2.45) is 5.73 Å². The average Bonchev–Trinajstić information content (AvgIpc) is 2.46. The first-order valence-electron chi connectivity index (χ1n) is 6.86. The number of aryl methyl sites for hydroxylation is 2. The molecule has 0 saturated carbocycles. The molecular formula is C17H19NOS. The largest absolute Gasteiger partial charge is 0.486 e. The predicted octanol–water partition coefficient (Wildman–Crippen LogP) is 3.86. The zero-order valence-electron chi connectivity index (χ0n) is 11.8. The minimum absolute atomic E-state index is 0.0244. The number of fused-ring (bicyclic) bond motifs is 1. The quantitative estimate of drug-likeness (QED) is 0.910. The van der Waals surface area contributed by atoms with Crippen LogP contribution in [0.4, 0.5) is 0 Å². The summed E-state index contributed by atoms with van der Waals surface area (Å²) in [7, 11) is 0. The number of hydrogen-bond acceptors (Lipinski definition) is 3. The zero-order valence-corrected chi connectivity index (χ0v) is 12.6. The van der Waals surface area contributed by atoms with E-state index in [1.165, 1.54) is 21.6 Å². The Morgan fingerprint density at radius 3 is 2.80 bits per heavy atom. The van der Waals surface area contributed by atoms with E-state index in [9.17, 15) is 0 Å². The maximum atomic E-state index is 6.44. The molecule has 2 nitrogen and oxygen atoms in total. The van der Waals surface area contributed by atoms with Crippen molar-refractivity contribution < 1.29 is 4.74 Å². The van der Waals surface area contributed by atoms with Gasteiger partial charge in [-0.1, -0.05) is 35.9 Å². The molecule has 3 rings (SSSR count). The Morgan fingerprint density at radius 2 is 2.00 bits per heavy atom. The fraction of sp³-hybridized carbons (Fsp3) is 0.294. The summed E-state index contributed by atoms with van der Waals surface area (Å²) in [6.07, 6.45) is 0.0244. The second-order valence-electron chi connectivity index (χ2n) is 5.30. The first-order chi connectivity index (χ1) is 9.65. The highest BCUT2D eigenvalue weighted by Gasteiger charge is 2.27. The topological polar surface area (TPSA) is 35.2 Å². The molecule has 2 aromatic rings. The minimum Gasteiger partial charge on any atom is -0.486 e. The van der Waals surface area contributed by atoms with Gasteiger partial charge < -0.3 is 10.5 Å². The molecule has 104 valence electrons. The fourth-order valence-corrected chi connectivity index (χ4v) is 3.67. The number of benzene rings is 2. The Morgan fingerprint density at radius 1 is 1.20 bits per heavy atom. The number of nitrogens with two attached hydrogens (primary N) is 1. The van der Waals surface area contributed by atoms with Crippen molar-refractivity contribution in [1.82, 2.24) is 0 Å². The van der Waals surface area contributed by atoms with Gasteiger partial charge in [-0.25, -0.2) is 0 Å². The van der Waals surface area contributed by atoms with Crippen LogP contribution in [0.3, 0.4) is 0 Å². The molecule has 0 bridgehead atoms. The summed E-state index contributed by atoms with van der Waals surface area (Å²) in [5.74, 6) is 1.85. The second kappa shape index (κ2) is 5.51. The Bertz CT molecular complexity index is 626. The normalized spacial score (nSPS) is 19.1. The molecule has 0 radical (unpaired) electrons. The van der Waals surface area contributed by atoms with Crippen LogP contribution in [0.5, 0.6) is 5.75 Å². The molecule has 3 heteroatoms. The SMILES string of the molecule is Cc1ccc(C(N)C2CSc3ccccc3O2)c(C)c1. The van der Waals surface area contributed by atoms with Gasteiger partial charge in [0, 0.05) is 10.6 Å². The molecule has 0 spiro atoms. The van der Waals surface area contributed by atoms with Crippen LogP contribution in [0.2, 0.25) is 0 Å². The van der Waals surface area contributed by atoms with Crippen molar-refractivity contribution in [3.8, 4) is 5.75 Å². The van der Waals surface area contributed by atoms with E-state index in [2.05, 4.69) is 38.1 Å². The van der Waals surface area contributed by atoms with E-state index in [-0.39, 0.29) is 12.1 Å². The molecule has 0 amide bonds. The predicted molar refractivity (Wildman–Crippen MR) is 84.4 cm³/mol. The van der Waals surface area contributed by atoms with Crippen LogP contribution in [-0.4, -0.2) is 11.9 Å². The molecule has 2 N–H and O–H groups in total. The van der Waals surface area contributed by atoms with Gasteiger partial charge in [0.15, 0.2) is 0 Å². The van der Waals surface area contributed by atoms with E-state index in [1.54, 1.807) is 0 Å². The van der Waals surface area contributed by atoms with Crippen LogP contribution >= 0.6 is 11.8 Å². The molecule has 0 aliphatic carbocycles. The third-order valence-electron chi connectivity index (χ3n) is 3.72. The maximum absolute atomic E-state index is 6.44. The third-order valence-corrected chi connectivity index (χ3v) is 4.86. The number of ether oxygens (including phenoxy) is 1. The summed E-state index contributed by atoms with van der Waals surface area (Å²) >= 11 is 1.82. The Kier molecular flexibility index (Phi) is 3.72. The summed E-state index contributed by atoms with van der Waals surface area (Å²) < 4.78 is 6.09. The summed E-state index contributed by atoms with van der Waals surface area (Å²) in [5, 5.41) is 0. The van der Waals surface area contributed by atoms with Gasteiger partial charge in [-0.15, -0.1) is 11.8 Å². The van der Waals surface area contributed by atoms with Crippen molar-refractivity contribution in [2.45, 2.75) is 30.9 Å². The lowest BCUT2D eigenvalue weighted by molar-refractivity contribution is 0.185. The molecular weight excluding hydrogens is 266 g/mol. The van der Waals surface area contributed by atoms with Crippen LogP contribution in [0, 0.1) is 13.8 Å². The van der Waals surface area contributed by atoms with Crippen molar-refractivity contribution in [1.29, 1.82) is 0 Å². The maximum Gasteiger partial charge on any atom is 0.133 e. The molecule has 2 unspecified atom stereocenters. The Balaban J connectivity index is 1.84. The molecule has 0 fully saturated rings. The minimum atomic E-state index is -0.0866. The first kappa shape index (κ1) is 13.5. The molecule has 1 heterocycles. The highest BCUT2D eigenvalue weighted by atomic mass is 32.2. The average molecular weight is 285 g/mol. The lowest BCUT2D eigenvalue weighted by Crippen LogP contribution is -2.35. The van der Waals surface area contributed by atoms with Crippen LogP contribution in [0.15, 0.2) is 47.4 Å². The van der Waals surface area contributed by atoms with E-state index < -0.39 is 0 Å². The number of rotatable bonds is 2. The Labute approximate surface area is 124 Å².